The van der Waals surface area contributed by atoms with E-state index in [2.05, 4.69) is 15.4 Å². The first-order chi connectivity index (χ1) is 8.36. The number of hydrogen-bond donors (Lipinski definition) is 2. The molecule has 1 aromatic rings. The largest absolute Gasteiger partial charge is 0.396 e. The second kappa shape index (κ2) is 4.74. The lowest BCUT2D eigenvalue weighted by molar-refractivity contribution is 0.234. The third-order valence-corrected chi connectivity index (χ3v) is 3.89. The molecule has 1 fully saturated rings. The quantitative estimate of drug-likeness (QED) is 0.792. The highest BCUT2D eigenvalue weighted by molar-refractivity contribution is 5.04. The van der Waals surface area contributed by atoms with Crippen molar-refractivity contribution < 1.29 is 5.11 Å². The molecule has 3 rings (SSSR count). The molecule has 0 aliphatic carbocycles. The Kier molecular flexibility index (Phi) is 3.11. The molecule has 2 aliphatic heterocycles. The van der Waals surface area contributed by atoms with Crippen LogP contribution in [0.25, 0.3) is 0 Å². The van der Waals surface area contributed by atoms with Gasteiger partial charge in [0.25, 0.3) is 0 Å². The van der Waals surface area contributed by atoms with Crippen molar-refractivity contribution >= 4 is 0 Å². The highest BCUT2D eigenvalue weighted by Crippen LogP contribution is 2.25. The van der Waals surface area contributed by atoms with E-state index in [1.54, 1.807) is 0 Å². The Bertz CT molecular complexity index is 384. The fraction of sp³-hybridized carbons (Fsp3) is 0.833. The van der Waals surface area contributed by atoms with Crippen molar-refractivity contribution in [2.75, 3.05) is 19.7 Å². The lowest BCUT2D eigenvalue weighted by Gasteiger charge is -2.19. The molecule has 0 amide bonds. The van der Waals surface area contributed by atoms with Crippen molar-refractivity contribution in [3.63, 3.8) is 0 Å². The van der Waals surface area contributed by atoms with Gasteiger partial charge in [0.05, 0.1) is 6.61 Å². The molecule has 2 aliphatic rings. The molecule has 0 saturated carbocycles. The molecule has 94 valence electrons. The molecule has 0 spiro atoms. The second-order valence-electron chi connectivity index (χ2n) is 5.19. The maximum atomic E-state index is 9.34. The summed E-state index contributed by atoms with van der Waals surface area (Å²) in [5, 5.41) is 17.3. The highest BCUT2D eigenvalue weighted by Gasteiger charge is 2.25. The van der Waals surface area contributed by atoms with Gasteiger partial charge in [-0.05, 0) is 38.3 Å². The number of aliphatic hydroxyl groups excluding tert-OH is 1. The number of aliphatic hydroxyl groups is 1. The van der Waals surface area contributed by atoms with Gasteiger partial charge < -0.3 is 10.4 Å². The zero-order valence-corrected chi connectivity index (χ0v) is 10.1. The molecule has 5 heteroatoms. The Morgan fingerprint density at radius 1 is 1.41 bits per heavy atom. The Morgan fingerprint density at radius 2 is 2.35 bits per heavy atom. The van der Waals surface area contributed by atoms with Crippen LogP contribution in [0.4, 0.5) is 0 Å². The zero-order valence-electron chi connectivity index (χ0n) is 10.1. The molecule has 2 atom stereocenters. The van der Waals surface area contributed by atoms with E-state index in [9.17, 15) is 5.11 Å². The summed E-state index contributed by atoms with van der Waals surface area (Å²) in [6.45, 7) is 3.37. The predicted molar refractivity (Wildman–Crippen MR) is 63.8 cm³/mol. The van der Waals surface area contributed by atoms with E-state index in [1.807, 2.05) is 4.68 Å². The van der Waals surface area contributed by atoms with E-state index < -0.39 is 0 Å². The number of rotatable bonds is 3. The number of nitrogens with one attached hydrogen (secondary N) is 1. The third-order valence-electron chi connectivity index (χ3n) is 3.89. The molecule has 17 heavy (non-hydrogen) atoms. The predicted octanol–water partition coefficient (Wildman–Crippen LogP) is 0.300. The normalized spacial score (nSPS) is 28.3. The minimum Gasteiger partial charge on any atom is -0.396 e. The van der Waals surface area contributed by atoms with E-state index in [-0.39, 0.29) is 12.5 Å². The average Bonchev–Trinajstić information content (AvgIpc) is 2.97. The zero-order chi connectivity index (χ0) is 11.7. The minimum atomic E-state index is 0.198. The van der Waals surface area contributed by atoms with Crippen LogP contribution in [-0.4, -0.2) is 39.6 Å². The van der Waals surface area contributed by atoms with Gasteiger partial charge >= 0.3 is 0 Å². The second-order valence-corrected chi connectivity index (χ2v) is 5.19. The van der Waals surface area contributed by atoms with Crippen LogP contribution in [0.1, 0.15) is 36.8 Å². The summed E-state index contributed by atoms with van der Waals surface area (Å²) in [4.78, 5) is 4.63. The Hall–Kier alpha value is -0.940. The van der Waals surface area contributed by atoms with Crippen molar-refractivity contribution in [2.45, 2.75) is 38.1 Å². The number of aryl methyl sites for hydroxylation is 1. The fourth-order valence-electron chi connectivity index (χ4n) is 2.89. The monoisotopic (exact) mass is 236 g/mol. The summed E-state index contributed by atoms with van der Waals surface area (Å²) in [6.07, 6.45) is 4.35. The van der Waals surface area contributed by atoms with Gasteiger partial charge in [0, 0.05) is 18.9 Å². The molecule has 0 bridgehead atoms. The molecule has 1 saturated heterocycles. The number of nitrogens with zero attached hydrogens (tertiary/aromatic N) is 3. The maximum absolute atomic E-state index is 9.34. The van der Waals surface area contributed by atoms with Crippen molar-refractivity contribution in [3.8, 4) is 0 Å². The van der Waals surface area contributed by atoms with Crippen molar-refractivity contribution in [3.05, 3.63) is 11.6 Å². The summed E-state index contributed by atoms with van der Waals surface area (Å²) in [5.74, 6) is 2.85. The van der Waals surface area contributed by atoms with Crippen molar-refractivity contribution in [2.24, 2.45) is 5.92 Å². The van der Waals surface area contributed by atoms with Gasteiger partial charge in [0.1, 0.15) is 5.82 Å². The van der Waals surface area contributed by atoms with Gasteiger partial charge in [-0.25, -0.2) is 9.67 Å². The summed E-state index contributed by atoms with van der Waals surface area (Å²) in [5.41, 5.74) is 0. The molecule has 0 radical (unpaired) electrons. The third kappa shape index (κ3) is 2.21. The molecular weight excluding hydrogens is 216 g/mol. The Balaban J connectivity index is 1.75. The highest BCUT2D eigenvalue weighted by atomic mass is 16.3. The smallest absolute Gasteiger partial charge is 0.151 e. The first-order valence-electron chi connectivity index (χ1n) is 6.62. The first kappa shape index (κ1) is 11.2. The molecule has 3 heterocycles. The summed E-state index contributed by atoms with van der Waals surface area (Å²) >= 11 is 0. The fourth-order valence-corrected chi connectivity index (χ4v) is 2.89. The van der Waals surface area contributed by atoms with E-state index in [0.29, 0.717) is 5.92 Å². The summed E-state index contributed by atoms with van der Waals surface area (Å²) in [7, 11) is 0. The summed E-state index contributed by atoms with van der Waals surface area (Å²) in [6, 6.07) is 0. The van der Waals surface area contributed by atoms with E-state index >= 15 is 0 Å². The van der Waals surface area contributed by atoms with Crippen LogP contribution in [0.3, 0.4) is 0 Å². The number of fused-ring (bicyclic) bond motifs is 1. The van der Waals surface area contributed by atoms with Gasteiger partial charge in [-0.1, -0.05) is 0 Å². The van der Waals surface area contributed by atoms with Crippen LogP contribution >= 0.6 is 0 Å². The Labute approximate surface area is 101 Å². The lowest BCUT2D eigenvalue weighted by Crippen LogP contribution is -2.19. The van der Waals surface area contributed by atoms with Gasteiger partial charge in [0.2, 0.25) is 0 Å². The molecule has 0 aromatic carbocycles. The average molecular weight is 236 g/mol. The Morgan fingerprint density at radius 3 is 3.12 bits per heavy atom. The van der Waals surface area contributed by atoms with Crippen molar-refractivity contribution in [1.82, 2.24) is 20.1 Å². The van der Waals surface area contributed by atoms with Crippen LogP contribution in [0.15, 0.2) is 0 Å². The number of aromatic nitrogens is 3. The van der Waals surface area contributed by atoms with Gasteiger partial charge in [-0.2, -0.15) is 5.10 Å². The van der Waals surface area contributed by atoms with Crippen LogP contribution < -0.4 is 5.32 Å². The van der Waals surface area contributed by atoms with Crippen LogP contribution in [0, 0.1) is 5.92 Å². The first-order valence-corrected chi connectivity index (χ1v) is 6.62. The summed E-state index contributed by atoms with van der Waals surface area (Å²) < 4.78 is 2.00. The molecule has 1 aromatic heterocycles. The standard InChI is InChI=1S/C12H20N4O/c17-8-10-2-1-5-16-12(10)14-11(15-16)6-9-3-4-13-7-9/h9-10,13,17H,1-8H2. The number of hydrogen-bond acceptors (Lipinski definition) is 4. The molecule has 2 unspecified atom stereocenters. The molecular formula is C12H20N4O. The van der Waals surface area contributed by atoms with E-state index in [0.717, 1.165) is 50.5 Å². The maximum Gasteiger partial charge on any atom is 0.151 e. The molecule has 5 nitrogen and oxygen atoms in total. The van der Waals surface area contributed by atoms with Crippen LogP contribution in [0.2, 0.25) is 0 Å². The topological polar surface area (TPSA) is 63.0 Å². The molecule has 2 N–H and O–H groups in total. The van der Waals surface area contributed by atoms with Crippen LogP contribution in [-0.2, 0) is 13.0 Å². The van der Waals surface area contributed by atoms with Gasteiger partial charge in [-0.3, -0.25) is 0 Å². The van der Waals surface area contributed by atoms with Crippen LogP contribution in [0.5, 0.6) is 0 Å². The van der Waals surface area contributed by atoms with Gasteiger partial charge in [-0.15, -0.1) is 0 Å². The van der Waals surface area contributed by atoms with Crippen molar-refractivity contribution in [1.29, 1.82) is 0 Å². The van der Waals surface area contributed by atoms with Gasteiger partial charge in [0.15, 0.2) is 5.82 Å². The lowest BCUT2D eigenvalue weighted by atomic mass is 10.0. The SMILES string of the molecule is OCC1CCCn2nc(CC3CCNC3)nc21. The minimum absolute atomic E-state index is 0.198. The van der Waals surface area contributed by atoms with E-state index in [4.69, 9.17) is 0 Å². The van der Waals surface area contributed by atoms with E-state index in [1.165, 1.54) is 6.42 Å².